The second-order valence-electron chi connectivity index (χ2n) is 5.40. The van der Waals surface area contributed by atoms with Crippen LogP contribution in [0.15, 0.2) is 30.3 Å². The minimum atomic E-state index is -0.229. The molecule has 0 aliphatic carbocycles. The van der Waals surface area contributed by atoms with E-state index in [1.54, 1.807) is 19.2 Å². The zero-order valence-electron chi connectivity index (χ0n) is 15.1. The molecule has 1 amide bonds. The van der Waals surface area contributed by atoms with Gasteiger partial charge in [-0.05, 0) is 36.2 Å². The van der Waals surface area contributed by atoms with Gasteiger partial charge in [0.1, 0.15) is 5.75 Å². The van der Waals surface area contributed by atoms with Gasteiger partial charge in [-0.2, -0.15) is 0 Å². The topological polar surface area (TPSA) is 66.0 Å². The molecule has 1 N–H and O–H groups in total. The summed E-state index contributed by atoms with van der Waals surface area (Å²) in [6, 6.07) is 9.03. The highest BCUT2D eigenvalue weighted by atomic mass is 16.5. The molecule has 2 rings (SSSR count). The number of amides is 1. The molecule has 6 nitrogen and oxygen atoms in total. The average molecular weight is 345 g/mol. The average Bonchev–Trinajstić information content (AvgIpc) is 2.64. The van der Waals surface area contributed by atoms with Gasteiger partial charge in [0.05, 0.1) is 28.4 Å². The largest absolute Gasteiger partial charge is 0.496 e. The van der Waals surface area contributed by atoms with Crippen molar-refractivity contribution >= 4 is 5.91 Å². The van der Waals surface area contributed by atoms with Crippen LogP contribution in [0.4, 0.5) is 0 Å². The molecule has 0 bridgehead atoms. The number of nitrogens with one attached hydrogen (secondary N) is 1. The third-order valence-corrected chi connectivity index (χ3v) is 3.84. The normalized spacial score (nSPS) is 10.1. The van der Waals surface area contributed by atoms with Crippen molar-refractivity contribution in [2.24, 2.45) is 0 Å². The molecule has 134 valence electrons. The number of benzene rings is 2. The van der Waals surface area contributed by atoms with Crippen LogP contribution in [0, 0.1) is 6.92 Å². The van der Waals surface area contributed by atoms with E-state index in [-0.39, 0.29) is 5.91 Å². The Bertz CT molecular complexity index is 732. The predicted octanol–water partition coefficient (Wildman–Crippen LogP) is 2.96. The first kappa shape index (κ1) is 18.4. The third kappa shape index (κ3) is 4.15. The summed E-state index contributed by atoms with van der Waals surface area (Å²) < 4.78 is 21.1. The predicted molar refractivity (Wildman–Crippen MR) is 95.0 cm³/mol. The summed E-state index contributed by atoms with van der Waals surface area (Å²) in [4.78, 5) is 12.5. The molecule has 0 spiro atoms. The highest BCUT2D eigenvalue weighted by Crippen LogP contribution is 2.38. The van der Waals surface area contributed by atoms with Crippen LogP contribution >= 0.6 is 0 Å². The van der Waals surface area contributed by atoms with Gasteiger partial charge in [0.2, 0.25) is 5.75 Å². The van der Waals surface area contributed by atoms with Crippen molar-refractivity contribution in [1.29, 1.82) is 0 Å². The van der Waals surface area contributed by atoms with E-state index in [9.17, 15) is 4.79 Å². The maximum Gasteiger partial charge on any atom is 0.251 e. The van der Waals surface area contributed by atoms with E-state index in [0.717, 1.165) is 16.9 Å². The lowest BCUT2D eigenvalue weighted by Crippen LogP contribution is -2.23. The molecule has 2 aromatic rings. The molecule has 0 fully saturated rings. The SMILES string of the molecule is COc1ccc(CNC(=O)c2cc(OC)c(OC)c(OC)c2)cc1C. The molecule has 0 saturated carbocycles. The number of carbonyl (C=O) groups is 1. The lowest BCUT2D eigenvalue weighted by molar-refractivity contribution is 0.0950. The van der Waals surface area contributed by atoms with Crippen LogP contribution in [-0.2, 0) is 6.54 Å². The van der Waals surface area contributed by atoms with Gasteiger partial charge in [0.15, 0.2) is 11.5 Å². The van der Waals surface area contributed by atoms with Crippen molar-refractivity contribution in [3.63, 3.8) is 0 Å². The Morgan fingerprint density at radius 2 is 1.48 bits per heavy atom. The lowest BCUT2D eigenvalue weighted by atomic mass is 10.1. The van der Waals surface area contributed by atoms with E-state index in [4.69, 9.17) is 18.9 Å². The summed E-state index contributed by atoms with van der Waals surface area (Å²) in [5, 5.41) is 2.89. The zero-order valence-corrected chi connectivity index (χ0v) is 15.1. The van der Waals surface area contributed by atoms with Gasteiger partial charge in [-0.15, -0.1) is 0 Å². The quantitative estimate of drug-likeness (QED) is 0.836. The number of rotatable bonds is 7. The van der Waals surface area contributed by atoms with Crippen molar-refractivity contribution in [3.05, 3.63) is 47.0 Å². The number of methoxy groups -OCH3 is 4. The maximum atomic E-state index is 12.5. The van der Waals surface area contributed by atoms with Gasteiger partial charge < -0.3 is 24.3 Å². The monoisotopic (exact) mass is 345 g/mol. The van der Waals surface area contributed by atoms with Crippen molar-refractivity contribution in [2.45, 2.75) is 13.5 Å². The molecule has 25 heavy (non-hydrogen) atoms. The number of hydrogen-bond donors (Lipinski definition) is 1. The van der Waals surface area contributed by atoms with Crippen molar-refractivity contribution in [2.75, 3.05) is 28.4 Å². The fourth-order valence-electron chi connectivity index (χ4n) is 2.55. The van der Waals surface area contributed by atoms with E-state index in [1.807, 2.05) is 25.1 Å². The molecule has 0 heterocycles. The zero-order chi connectivity index (χ0) is 18.4. The molecular weight excluding hydrogens is 322 g/mol. The molecule has 2 aromatic carbocycles. The Labute approximate surface area is 147 Å². The van der Waals surface area contributed by atoms with Crippen LogP contribution in [0.3, 0.4) is 0 Å². The number of hydrogen-bond acceptors (Lipinski definition) is 5. The van der Waals surface area contributed by atoms with E-state index in [2.05, 4.69) is 5.32 Å². The second-order valence-corrected chi connectivity index (χ2v) is 5.40. The number of aryl methyl sites for hydroxylation is 1. The van der Waals surface area contributed by atoms with Gasteiger partial charge in [0.25, 0.3) is 5.91 Å². The summed E-state index contributed by atoms with van der Waals surface area (Å²) in [7, 11) is 6.18. The fraction of sp³-hybridized carbons (Fsp3) is 0.316. The molecule has 0 radical (unpaired) electrons. The van der Waals surface area contributed by atoms with Gasteiger partial charge in [0, 0.05) is 12.1 Å². The molecule has 0 atom stereocenters. The molecule has 0 aliphatic rings. The summed E-state index contributed by atoms with van der Waals surface area (Å²) in [5.74, 6) is 1.92. The molecule has 0 unspecified atom stereocenters. The Balaban J connectivity index is 2.16. The highest BCUT2D eigenvalue weighted by Gasteiger charge is 2.16. The third-order valence-electron chi connectivity index (χ3n) is 3.84. The summed E-state index contributed by atoms with van der Waals surface area (Å²) in [6.45, 7) is 2.36. The van der Waals surface area contributed by atoms with Gasteiger partial charge in [-0.25, -0.2) is 0 Å². The Morgan fingerprint density at radius 3 is 1.96 bits per heavy atom. The van der Waals surface area contributed by atoms with Crippen molar-refractivity contribution in [1.82, 2.24) is 5.32 Å². The van der Waals surface area contributed by atoms with Gasteiger partial charge >= 0.3 is 0 Å². The van der Waals surface area contributed by atoms with Crippen LogP contribution in [0.2, 0.25) is 0 Å². The molecule has 0 aliphatic heterocycles. The van der Waals surface area contributed by atoms with Crippen LogP contribution in [-0.4, -0.2) is 34.3 Å². The standard InChI is InChI=1S/C19H23NO5/c1-12-8-13(6-7-15(12)22-2)11-20-19(21)14-9-16(23-3)18(25-5)17(10-14)24-4/h6-10H,11H2,1-5H3,(H,20,21). The fourth-order valence-corrected chi connectivity index (χ4v) is 2.55. The van der Waals surface area contributed by atoms with E-state index >= 15 is 0 Å². The molecule has 0 saturated heterocycles. The Kier molecular flexibility index (Phi) is 6.11. The molecular formula is C19H23NO5. The number of ether oxygens (including phenoxy) is 4. The minimum Gasteiger partial charge on any atom is -0.496 e. The van der Waals surface area contributed by atoms with E-state index < -0.39 is 0 Å². The van der Waals surface area contributed by atoms with Gasteiger partial charge in [-0.3, -0.25) is 4.79 Å². The van der Waals surface area contributed by atoms with E-state index in [1.165, 1.54) is 21.3 Å². The smallest absolute Gasteiger partial charge is 0.251 e. The first-order valence-electron chi connectivity index (χ1n) is 7.75. The second kappa shape index (κ2) is 8.28. The van der Waals surface area contributed by atoms with Crippen LogP contribution in [0.1, 0.15) is 21.5 Å². The Morgan fingerprint density at radius 1 is 0.880 bits per heavy atom. The van der Waals surface area contributed by atoms with Crippen molar-refractivity contribution < 1.29 is 23.7 Å². The summed E-state index contributed by atoms with van der Waals surface area (Å²) in [5.41, 5.74) is 2.43. The van der Waals surface area contributed by atoms with Crippen LogP contribution in [0.25, 0.3) is 0 Å². The van der Waals surface area contributed by atoms with Crippen molar-refractivity contribution in [3.8, 4) is 23.0 Å². The summed E-state index contributed by atoms with van der Waals surface area (Å²) in [6.07, 6.45) is 0. The maximum absolute atomic E-state index is 12.5. The molecule has 6 heteroatoms. The molecule has 0 aromatic heterocycles. The summed E-state index contributed by atoms with van der Waals surface area (Å²) >= 11 is 0. The Hall–Kier alpha value is -2.89. The minimum absolute atomic E-state index is 0.229. The van der Waals surface area contributed by atoms with E-state index in [0.29, 0.717) is 29.4 Å². The first-order valence-corrected chi connectivity index (χ1v) is 7.75. The number of carbonyl (C=O) groups excluding carboxylic acids is 1. The van der Waals surface area contributed by atoms with Crippen LogP contribution in [0.5, 0.6) is 23.0 Å². The van der Waals surface area contributed by atoms with Crippen LogP contribution < -0.4 is 24.3 Å². The van der Waals surface area contributed by atoms with Gasteiger partial charge in [-0.1, -0.05) is 12.1 Å². The first-order chi connectivity index (χ1) is 12.0. The lowest BCUT2D eigenvalue weighted by Gasteiger charge is -2.14. The highest BCUT2D eigenvalue weighted by molar-refractivity contribution is 5.95.